The number of aryl methyl sites for hydroxylation is 2. The van der Waals surface area contributed by atoms with Gasteiger partial charge in [0.05, 0.1) is 16.1 Å². The molecule has 0 aliphatic heterocycles. The van der Waals surface area contributed by atoms with Gasteiger partial charge in [0, 0.05) is 5.69 Å². The molecule has 0 fully saturated rings. The first-order chi connectivity index (χ1) is 9.85. The van der Waals surface area contributed by atoms with Crippen molar-refractivity contribution in [1.29, 1.82) is 5.26 Å². The largest absolute Gasteiger partial charge is 0.399 e. The molecular formula is C15H15N3O2S. The second kappa shape index (κ2) is 5.46. The lowest BCUT2D eigenvalue weighted by Gasteiger charge is -2.12. The van der Waals surface area contributed by atoms with Gasteiger partial charge in [0.15, 0.2) is 0 Å². The summed E-state index contributed by atoms with van der Waals surface area (Å²) in [6.07, 6.45) is 0. The summed E-state index contributed by atoms with van der Waals surface area (Å²) in [5.74, 6) is 0. The summed E-state index contributed by atoms with van der Waals surface area (Å²) >= 11 is 0. The molecule has 3 N–H and O–H groups in total. The third kappa shape index (κ3) is 2.98. The van der Waals surface area contributed by atoms with Gasteiger partial charge in [-0.1, -0.05) is 12.1 Å². The Morgan fingerprint density at radius 2 is 1.86 bits per heavy atom. The highest BCUT2D eigenvalue weighted by atomic mass is 32.2. The van der Waals surface area contributed by atoms with Gasteiger partial charge in [-0.05, 0) is 49.2 Å². The van der Waals surface area contributed by atoms with Gasteiger partial charge in [0.25, 0.3) is 10.0 Å². The van der Waals surface area contributed by atoms with Crippen molar-refractivity contribution in [1.82, 2.24) is 0 Å². The van der Waals surface area contributed by atoms with Crippen molar-refractivity contribution in [2.75, 3.05) is 10.5 Å². The van der Waals surface area contributed by atoms with Crippen LogP contribution in [0.25, 0.3) is 0 Å². The minimum absolute atomic E-state index is 0.141. The molecule has 0 radical (unpaired) electrons. The van der Waals surface area contributed by atoms with E-state index < -0.39 is 10.0 Å². The van der Waals surface area contributed by atoms with Crippen LogP contribution in [-0.2, 0) is 10.0 Å². The molecule has 0 aliphatic rings. The lowest BCUT2D eigenvalue weighted by atomic mass is 10.1. The van der Waals surface area contributed by atoms with Crippen molar-refractivity contribution in [3.63, 3.8) is 0 Å². The Morgan fingerprint density at radius 3 is 2.48 bits per heavy atom. The fourth-order valence-corrected chi connectivity index (χ4v) is 3.37. The molecule has 0 aromatic heterocycles. The number of benzene rings is 2. The molecule has 0 saturated heterocycles. The number of anilines is 2. The zero-order valence-corrected chi connectivity index (χ0v) is 12.5. The minimum Gasteiger partial charge on any atom is -0.399 e. The van der Waals surface area contributed by atoms with Gasteiger partial charge in [-0.15, -0.1) is 0 Å². The highest BCUT2D eigenvalue weighted by molar-refractivity contribution is 7.92. The molecule has 21 heavy (non-hydrogen) atoms. The van der Waals surface area contributed by atoms with E-state index in [0.717, 1.165) is 0 Å². The molecule has 0 atom stereocenters. The van der Waals surface area contributed by atoms with Gasteiger partial charge >= 0.3 is 0 Å². The van der Waals surface area contributed by atoms with E-state index in [9.17, 15) is 8.42 Å². The summed E-state index contributed by atoms with van der Waals surface area (Å²) in [4.78, 5) is 0.141. The molecule has 0 spiro atoms. The smallest absolute Gasteiger partial charge is 0.262 e. The molecule has 2 rings (SSSR count). The maximum atomic E-state index is 12.5. The van der Waals surface area contributed by atoms with Crippen LogP contribution in [0.15, 0.2) is 41.3 Å². The van der Waals surface area contributed by atoms with Crippen molar-refractivity contribution < 1.29 is 8.42 Å². The Bertz CT molecular complexity index is 836. The number of nitriles is 1. The molecule has 0 saturated carbocycles. The average molecular weight is 301 g/mol. The van der Waals surface area contributed by atoms with Crippen LogP contribution >= 0.6 is 0 Å². The lowest BCUT2D eigenvalue weighted by Crippen LogP contribution is -2.15. The van der Waals surface area contributed by atoms with Crippen molar-refractivity contribution in [2.24, 2.45) is 0 Å². The first-order valence-corrected chi connectivity index (χ1v) is 7.72. The molecule has 0 unspecified atom stereocenters. The Balaban J connectivity index is 2.48. The van der Waals surface area contributed by atoms with E-state index in [0.29, 0.717) is 22.4 Å². The van der Waals surface area contributed by atoms with E-state index >= 15 is 0 Å². The van der Waals surface area contributed by atoms with E-state index in [4.69, 9.17) is 11.0 Å². The summed E-state index contributed by atoms with van der Waals surface area (Å²) in [6.45, 7) is 3.43. The van der Waals surface area contributed by atoms with Crippen LogP contribution < -0.4 is 10.5 Å². The van der Waals surface area contributed by atoms with Crippen LogP contribution in [0.3, 0.4) is 0 Å². The predicted octanol–water partition coefficient (Wildman–Crippen LogP) is 2.56. The fraction of sp³-hybridized carbons (Fsp3) is 0.133. The summed E-state index contributed by atoms with van der Waals surface area (Å²) < 4.78 is 27.4. The number of nitrogen functional groups attached to an aromatic ring is 1. The van der Waals surface area contributed by atoms with Crippen molar-refractivity contribution >= 4 is 21.4 Å². The molecule has 6 heteroatoms. The molecule has 108 valence electrons. The van der Waals surface area contributed by atoms with E-state index in [1.165, 1.54) is 12.1 Å². The van der Waals surface area contributed by atoms with Crippen LogP contribution in [-0.4, -0.2) is 8.42 Å². The van der Waals surface area contributed by atoms with Gasteiger partial charge in [-0.2, -0.15) is 5.26 Å². The molecule has 2 aromatic carbocycles. The van der Waals surface area contributed by atoms with E-state index in [2.05, 4.69) is 4.72 Å². The average Bonchev–Trinajstić information content (AvgIpc) is 2.38. The molecule has 0 heterocycles. The van der Waals surface area contributed by atoms with Gasteiger partial charge in [-0.25, -0.2) is 8.42 Å². The second-order valence-electron chi connectivity index (χ2n) is 4.74. The van der Waals surface area contributed by atoms with Crippen LogP contribution in [0.4, 0.5) is 11.4 Å². The zero-order chi connectivity index (χ0) is 15.6. The number of rotatable bonds is 3. The van der Waals surface area contributed by atoms with Gasteiger partial charge in [-0.3, -0.25) is 4.72 Å². The van der Waals surface area contributed by atoms with Crippen molar-refractivity contribution in [3.05, 3.63) is 53.1 Å². The van der Waals surface area contributed by atoms with E-state index in [-0.39, 0.29) is 10.6 Å². The maximum Gasteiger partial charge on any atom is 0.262 e. The third-order valence-electron chi connectivity index (χ3n) is 3.12. The Hall–Kier alpha value is -2.52. The molecule has 2 aromatic rings. The SMILES string of the molecule is Cc1cc(N)ccc1S(=O)(=O)Nc1cccc(C)c1C#N. The van der Waals surface area contributed by atoms with Crippen molar-refractivity contribution in [2.45, 2.75) is 18.7 Å². The number of hydrogen-bond donors (Lipinski definition) is 2. The monoisotopic (exact) mass is 301 g/mol. The molecule has 0 amide bonds. The lowest BCUT2D eigenvalue weighted by molar-refractivity contribution is 0.600. The number of nitrogens with one attached hydrogen (secondary N) is 1. The number of nitrogens with zero attached hydrogens (tertiary/aromatic N) is 1. The normalized spacial score (nSPS) is 10.9. The summed E-state index contributed by atoms with van der Waals surface area (Å²) in [6, 6.07) is 11.6. The van der Waals surface area contributed by atoms with Gasteiger partial charge in [0.2, 0.25) is 0 Å². The number of hydrogen-bond acceptors (Lipinski definition) is 4. The second-order valence-corrected chi connectivity index (χ2v) is 6.39. The Kier molecular flexibility index (Phi) is 3.87. The van der Waals surface area contributed by atoms with Gasteiger partial charge < -0.3 is 5.73 Å². The molecular weight excluding hydrogens is 286 g/mol. The molecule has 5 nitrogen and oxygen atoms in total. The predicted molar refractivity (Wildman–Crippen MR) is 82.3 cm³/mol. The topological polar surface area (TPSA) is 96.0 Å². The third-order valence-corrected chi connectivity index (χ3v) is 4.64. The van der Waals surface area contributed by atoms with Crippen LogP contribution in [0.1, 0.15) is 16.7 Å². The van der Waals surface area contributed by atoms with E-state index in [1.807, 2.05) is 6.07 Å². The fourth-order valence-electron chi connectivity index (χ4n) is 2.08. The van der Waals surface area contributed by atoms with Gasteiger partial charge in [0.1, 0.15) is 6.07 Å². The highest BCUT2D eigenvalue weighted by Gasteiger charge is 2.19. The summed E-state index contributed by atoms with van der Waals surface area (Å²) in [7, 11) is -3.77. The molecule has 0 aliphatic carbocycles. The standard InChI is InChI=1S/C15H15N3O2S/c1-10-4-3-5-14(13(10)9-16)18-21(19,20)15-7-6-12(17)8-11(15)2/h3-8,18H,17H2,1-2H3. The first-order valence-electron chi connectivity index (χ1n) is 6.24. The van der Waals surface area contributed by atoms with Crippen LogP contribution in [0.2, 0.25) is 0 Å². The Labute approximate surface area is 124 Å². The van der Waals surface area contributed by atoms with Crippen LogP contribution in [0.5, 0.6) is 0 Å². The number of nitrogens with two attached hydrogens (primary N) is 1. The number of sulfonamides is 1. The minimum atomic E-state index is -3.77. The highest BCUT2D eigenvalue weighted by Crippen LogP contribution is 2.24. The van der Waals surface area contributed by atoms with E-state index in [1.54, 1.807) is 38.1 Å². The quantitative estimate of drug-likeness (QED) is 0.851. The first kappa shape index (κ1) is 14.9. The summed E-state index contributed by atoms with van der Waals surface area (Å²) in [5.41, 5.74) is 7.98. The van der Waals surface area contributed by atoms with Crippen LogP contribution in [0, 0.1) is 25.2 Å². The van der Waals surface area contributed by atoms with Crippen molar-refractivity contribution in [3.8, 4) is 6.07 Å². The molecule has 0 bridgehead atoms. The zero-order valence-electron chi connectivity index (χ0n) is 11.7. The Morgan fingerprint density at radius 1 is 1.14 bits per heavy atom. The maximum absolute atomic E-state index is 12.5. The summed E-state index contributed by atoms with van der Waals surface area (Å²) in [5, 5.41) is 9.16.